The lowest BCUT2D eigenvalue weighted by Crippen LogP contribution is -2.27. The molecule has 2 heteroatoms. The molecule has 0 heterocycles. The van der Waals surface area contributed by atoms with Crippen LogP contribution in [0, 0.1) is 0 Å². The second-order valence-electron chi connectivity index (χ2n) is 5.60. The molecule has 0 bridgehead atoms. The van der Waals surface area contributed by atoms with Crippen molar-refractivity contribution in [2.24, 2.45) is 5.73 Å². The molecule has 2 nitrogen and oxygen atoms in total. The summed E-state index contributed by atoms with van der Waals surface area (Å²) < 4.78 is 0. The third kappa shape index (κ3) is 3.27. The van der Waals surface area contributed by atoms with Crippen molar-refractivity contribution in [2.45, 2.75) is 31.3 Å². The van der Waals surface area contributed by atoms with E-state index in [2.05, 4.69) is 53.8 Å². The summed E-state index contributed by atoms with van der Waals surface area (Å²) in [5, 5.41) is 3.56. The van der Waals surface area contributed by atoms with Crippen LogP contribution in [-0.2, 0) is 6.54 Å². The largest absolute Gasteiger partial charge is 0.329 e. The fourth-order valence-electron chi connectivity index (χ4n) is 2.62. The van der Waals surface area contributed by atoms with Gasteiger partial charge in [0.05, 0.1) is 0 Å². The zero-order chi connectivity index (χ0) is 13.8. The van der Waals surface area contributed by atoms with Gasteiger partial charge in [0, 0.05) is 19.1 Å². The van der Waals surface area contributed by atoms with E-state index in [1.807, 2.05) is 6.07 Å². The summed E-state index contributed by atoms with van der Waals surface area (Å²) in [6, 6.07) is 19.6. The third-order valence-electron chi connectivity index (χ3n) is 3.99. The molecule has 0 saturated heterocycles. The molecule has 2 aromatic carbocycles. The maximum Gasteiger partial charge on any atom is 0.0447 e. The van der Waals surface area contributed by atoms with Crippen molar-refractivity contribution in [3.63, 3.8) is 0 Å². The molecule has 0 radical (unpaired) electrons. The Balaban J connectivity index is 1.68. The Kier molecular flexibility index (Phi) is 4.14. The molecular formula is C18H22N2. The molecule has 1 unspecified atom stereocenters. The maximum atomic E-state index is 5.95. The van der Waals surface area contributed by atoms with E-state index in [-0.39, 0.29) is 6.04 Å². The smallest absolute Gasteiger partial charge is 0.0447 e. The van der Waals surface area contributed by atoms with E-state index in [0.717, 1.165) is 12.5 Å². The molecule has 1 atom stereocenters. The first kappa shape index (κ1) is 13.3. The van der Waals surface area contributed by atoms with Crippen LogP contribution in [0.15, 0.2) is 54.6 Å². The van der Waals surface area contributed by atoms with Crippen LogP contribution >= 0.6 is 0 Å². The molecule has 0 spiro atoms. The highest BCUT2D eigenvalue weighted by Gasteiger charge is 2.24. The van der Waals surface area contributed by atoms with E-state index in [0.29, 0.717) is 6.54 Å². The van der Waals surface area contributed by atoms with E-state index in [1.54, 1.807) is 0 Å². The summed E-state index contributed by atoms with van der Waals surface area (Å²) in [6.07, 6.45) is 2.68. The van der Waals surface area contributed by atoms with Crippen molar-refractivity contribution in [1.82, 2.24) is 5.32 Å². The molecule has 0 aliphatic heterocycles. The average molecular weight is 266 g/mol. The van der Waals surface area contributed by atoms with Crippen LogP contribution in [0.25, 0.3) is 0 Å². The fourth-order valence-corrected chi connectivity index (χ4v) is 2.62. The van der Waals surface area contributed by atoms with Gasteiger partial charge in [-0.15, -0.1) is 0 Å². The molecule has 1 saturated carbocycles. The summed E-state index contributed by atoms with van der Waals surface area (Å²) in [4.78, 5) is 0. The zero-order valence-electron chi connectivity index (χ0n) is 11.8. The average Bonchev–Trinajstić information content (AvgIpc) is 3.34. The van der Waals surface area contributed by atoms with Crippen LogP contribution < -0.4 is 11.1 Å². The second-order valence-corrected chi connectivity index (χ2v) is 5.60. The molecule has 1 aliphatic carbocycles. The molecule has 0 amide bonds. The maximum absolute atomic E-state index is 5.95. The highest BCUT2D eigenvalue weighted by atomic mass is 14.9. The lowest BCUT2D eigenvalue weighted by atomic mass is 10.0. The van der Waals surface area contributed by atoms with Gasteiger partial charge >= 0.3 is 0 Å². The summed E-state index contributed by atoms with van der Waals surface area (Å²) >= 11 is 0. The molecule has 0 aromatic heterocycles. The van der Waals surface area contributed by atoms with E-state index < -0.39 is 0 Å². The van der Waals surface area contributed by atoms with Gasteiger partial charge in [-0.25, -0.2) is 0 Å². The molecule has 3 rings (SSSR count). The summed E-state index contributed by atoms with van der Waals surface area (Å²) in [6.45, 7) is 1.48. The molecule has 2 aromatic rings. The van der Waals surface area contributed by atoms with Crippen LogP contribution in [0.5, 0.6) is 0 Å². The van der Waals surface area contributed by atoms with Crippen LogP contribution in [0.3, 0.4) is 0 Å². The first-order chi connectivity index (χ1) is 9.86. The molecule has 20 heavy (non-hydrogen) atoms. The summed E-state index contributed by atoms with van der Waals surface area (Å²) in [5.41, 5.74) is 10.0. The predicted molar refractivity (Wildman–Crippen MR) is 83.5 cm³/mol. The quantitative estimate of drug-likeness (QED) is 0.841. The number of hydrogen-bond acceptors (Lipinski definition) is 2. The normalized spacial score (nSPS) is 16.1. The fraction of sp³-hybridized carbons (Fsp3) is 0.333. The Labute approximate surface area is 121 Å². The van der Waals surface area contributed by atoms with Crippen molar-refractivity contribution in [1.29, 1.82) is 0 Å². The molecule has 3 N–H and O–H groups in total. The Morgan fingerprint density at radius 1 is 1.05 bits per heavy atom. The van der Waals surface area contributed by atoms with Crippen LogP contribution in [-0.4, -0.2) is 6.54 Å². The summed E-state index contributed by atoms with van der Waals surface area (Å²) in [7, 11) is 0. The number of rotatable bonds is 6. The zero-order valence-corrected chi connectivity index (χ0v) is 11.8. The van der Waals surface area contributed by atoms with Gasteiger partial charge in [-0.2, -0.15) is 0 Å². The SMILES string of the molecule is NCC(NCc1ccccc1)c1cccc(C2CC2)c1. The van der Waals surface area contributed by atoms with Crippen LogP contribution in [0.2, 0.25) is 0 Å². The Bertz CT molecular complexity index is 546. The molecule has 1 fully saturated rings. The predicted octanol–water partition coefficient (Wildman–Crippen LogP) is 3.35. The first-order valence-electron chi connectivity index (χ1n) is 7.44. The van der Waals surface area contributed by atoms with E-state index in [4.69, 9.17) is 5.73 Å². The Hall–Kier alpha value is -1.64. The van der Waals surface area contributed by atoms with E-state index in [9.17, 15) is 0 Å². The lowest BCUT2D eigenvalue weighted by Gasteiger charge is -2.18. The number of hydrogen-bond donors (Lipinski definition) is 2. The third-order valence-corrected chi connectivity index (χ3v) is 3.99. The highest BCUT2D eigenvalue weighted by Crippen LogP contribution is 2.40. The standard InChI is InChI=1S/C18H22N2/c19-12-18(20-13-14-5-2-1-3-6-14)17-8-4-7-16(11-17)15-9-10-15/h1-8,11,15,18,20H,9-10,12-13,19H2. The van der Waals surface area contributed by atoms with Crippen LogP contribution in [0.4, 0.5) is 0 Å². The van der Waals surface area contributed by atoms with Crippen molar-refractivity contribution < 1.29 is 0 Å². The van der Waals surface area contributed by atoms with Gasteiger partial charge in [-0.05, 0) is 35.4 Å². The van der Waals surface area contributed by atoms with Gasteiger partial charge < -0.3 is 11.1 Å². The van der Waals surface area contributed by atoms with Crippen LogP contribution in [0.1, 0.15) is 41.5 Å². The molecule has 1 aliphatic rings. The minimum Gasteiger partial charge on any atom is -0.329 e. The Morgan fingerprint density at radius 2 is 1.85 bits per heavy atom. The van der Waals surface area contributed by atoms with Gasteiger partial charge in [0.2, 0.25) is 0 Å². The molecule has 104 valence electrons. The van der Waals surface area contributed by atoms with Gasteiger partial charge in [-0.1, -0.05) is 54.6 Å². The summed E-state index contributed by atoms with van der Waals surface area (Å²) in [5.74, 6) is 0.794. The number of nitrogens with two attached hydrogens (primary N) is 1. The van der Waals surface area contributed by atoms with E-state index >= 15 is 0 Å². The monoisotopic (exact) mass is 266 g/mol. The highest BCUT2D eigenvalue weighted by molar-refractivity contribution is 5.31. The second kappa shape index (κ2) is 6.21. The number of nitrogens with one attached hydrogen (secondary N) is 1. The lowest BCUT2D eigenvalue weighted by molar-refractivity contribution is 0.541. The van der Waals surface area contributed by atoms with Crippen molar-refractivity contribution in [3.8, 4) is 0 Å². The molecular weight excluding hydrogens is 244 g/mol. The van der Waals surface area contributed by atoms with Crippen molar-refractivity contribution in [2.75, 3.05) is 6.54 Å². The van der Waals surface area contributed by atoms with Crippen molar-refractivity contribution in [3.05, 3.63) is 71.3 Å². The number of benzene rings is 2. The Morgan fingerprint density at radius 3 is 2.55 bits per heavy atom. The minimum atomic E-state index is 0.230. The van der Waals surface area contributed by atoms with Gasteiger partial charge in [-0.3, -0.25) is 0 Å². The van der Waals surface area contributed by atoms with Gasteiger partial charge in [0.25, 0.3) is 0 Å². The van der Waals surface area contributed by atoms with E-state index in [1.165, 1.54) is 29.5 Å². The first-order valence-corrected chi connectivity index (χ1v) is 7.44. The topological polar surface area (TPSA) is 38.0 Å². The van der Waals surface area contributed by atoms with Gasteiger partial charge in [0.15, 0.2) is 0 Å². The van der Waals surface area contributed by atoms with Crippen molar-refractivity contribution >= 4 is 0 Å². The minimum absolute atomic E-state index is 0.230. The van der Waals surface area contributed by atoms with Gasteiger partial charge in [0.1, 0.15) is 0 Å².